The van der Waals surface area contributed by atoms with Crippen LogP contribution in [0.25, 0.3) is 0 Å². The van der Waals surface area contributed by atoms with Crippen molar-refractivity contribution in [2.24, 2.45) is 10.8 Å². The molecule has 0 unspecified atom stereocenters. The topological polar surface area (TPSA) is 288 Å². The molecule has 6 N–H and O–H groups in total. The fourth-order valence-electron chi connectivity index (χ4n) is 16.2. The summed E-state index contributed by atoms with van der Waals surface area (Å²) >= 11 is 9.38. The van der Waals surface area contributed by atoms with Gasteiger partial charge in [0.2, 0.25) is 0 Å². The molecule has 0 saturated heterocycles. The van der Waals surface area contributed by atoms with E-state index in [9.17, 15) is 59.4 Å². The largest absolute Gasteiger partial charge is 0.507 e. The Labute approximate surface area is 847 Å². The number of carbonyl (C=O) groups is 6. The summed E-state index contributed by atoms with van der Waals surface area (Å²) in [6, 6.07) is 24.2. The van der Waals surface area contributed by atoms with Crippen molar-refractivity contribution in [1.29, 1.82) is 0 Å². The van der Waals surface area contributed by atoms with Gasteiger partial charge in [0.15, 0.2) is 0 Å². The number of aromatic hydroxyl groups is 6. The van der Waals surface area contributed by atoms with E-state index < -0.39 is 99.5 Å². The zero-order chi connectivity index (χ0) is 102. The number of aryl methyl sites for hydroxylation is 12. The lowest BCUT2D eigenvalue weighted by Crippen LogP contribution is -2.47. The zero-order valence-electron chi connectivity index (χ0n) is 87.2. The van der Waals surface area contributed by atoms with Gasteiger partial charge in [-0.3, -0.25) is 28.8 Å². The van der Waals surface area contributed by atoms with E-state index in [-0.39, 0.29) is 71.0 Å². The first-order valence-corrected chi connectivity index (χ1v) is 56.0. The van der Waals surface area contributed by atoms with E-state index in [0.29, 0.717) is 142 Å². The lowest BCUT2D eigenvalue weighted by atomic mass is 9.83. The predicted molar refractivity (Wildman–Crippen MR) is 572 cm³/mol. The number of benzene rings is 6. The molecule has 6 rings (SSSR count). The first-order valence-electron chi connectivity index (χ1n) is 49.1. The van der Waals surface area contributed by atoms with E-state index in [1.165, 1.54) is 0 Å². The number of ether oxygens (including phenoxy) is 7. The molecule has 0 saturated carbocycles. The Hall–Kier alpha value is -7.00. The van der Waals surface area contributed by atoms with Crippen LogP contribution < -0.4 is 0 Å². The van der Waals surface area contributed by atoms with Crippen LogP contribution in [0.1, 0.15) is 302 Å². The Morgan fingerprint density at radius 2 is 0.358 bits per heavy atom. The van der Waals surface area contributed by atoms with Crippen molar-refractivity contribution < 1.29 is 92.6 Å². The number of rotatable bonds is 58. The number of phenols is 6. The summed E-state index contributed by atoms with van der Waals surface area (Å²) in [6.45, 7) is 45.7. The van der Waals surface area contributed by atoms with Crippen LogP contribution in [0.15, 0.2) is 72.8 Å². The Kier molecular flexibility index (Phi) is 48.7. The van der Waals surface area contributed by atoms with Gasteiger partial charge in [0.05, 0.1) is 62.6 Å². The average Bonchev–Trinajstić information content (AvgIpc) is 0.835. The predicted octanol–water partition coefficient (Wildman–Crippen LogP) is 24.6. The highest BCUT2D eigenvalue weighted by Gasteiger charge is 2.42. The molecule has 0 fully saturated rings. The molecule has 19 nitrogen and oxygen atoms in total. The Balaban J connectivity index is 1.33. The van der Waals surface area contributed by atoms with Gasteiger partial charge in [-0.2, -0.15) is 70.6 Å². The minimum Gasteiger partial charge on any atom is -0.507 e. The van der Waals surface area contributed by atoms with Crippen LogP contribution in [-0.2, 0) is 133 Å². The maximum atomic E-state index is 14.4. The van der Waals surface area contributed by atoms with Crippen LogP contribution in [0.3, 0.4) is 0 Å². The van der Waals surface area contributed by atoms with Gasteiger partial charge >= 0.3 is 35.8 Å². The van der Waals surface area contributed by atoms with Crippen LogP contribution in [0, 0.1) is 52.4 Å². The first-order chi connectivity index (χ1) is 64.1. The molecular formula is C112H166O19S6. The second-order valence-corrected chi connectivity index (χ2v) is 51.0. The van der Waals surface area contributed by atoms with E-state index in [4.69, 9.17) is 33.2 Å². The van der Waals surface area contributed by atoms with E-state index in [1.807, 2.05) is 114 Å². The average molecular weight is 2010 g/mol. The zero-order valence-corrected chi connectivity index (χ0v) is 92.1. The summed E-state index contributed by atoms with van der Waals surface area (Å²) in [7, 11) is 0. The van der Waals surface area contributed by atoms with Crippen molar-refractivity contribution in [3.63, 3.8) is 0 Å². The van der Waals surface area contributed by atoms with E-state index >= 15 is 0 Å². The fourth-order valence-corrected chi connectivity index (χ4v) is 21.4. The lowest BCUT2D eigenvalue weighted by molar-refractivity contribution is -0.174. The van der Waals surface area contributed by atoms with Gasteiger partial charge in [0.25, 0.3) is 0 Å². The van der Waals surface area contributed by atoms with Gasteiger partial charge in [-0.25, -0.2) is 0 Å². The highest BCUT2D eigenvalue weighted by Crippen LogP contribution is 2.43. The van der Waals surface area contributed by atoms with E-state index in [0.717, 1.165) is 139 Å². The molecule has 137 heavy (non-hydrogen) atoms. The monoisotopic (exact) mass is 2010 g/mol. The second kappa shape index (κ2) is 56.2. The summed E-state index contributed by atoms with van der Waals surface area (Å²) in [5.74, 6) is 4.59. The molecule has 0 bridgehead atoms. The highest BCUT2D eigenvalue weighted by atomic mass is 32.2. The summed E-state index contributed by atoms with van der Waals surface area (Å²) in [4.78, 5) is 86.1. The third-order valence-corrected chi connectivity index (χ3v) is 30.4. The normalized spacial score (nSPS) is 12.4. The number of carbonyl (C=O) groups excluding carboxylic acids is 6. The lowest BCUT2D eigenvalue weighted by Gasteiger charge is -2.35. The van der Waals surface area contributed by atoms with Crippen molar-refractivity contribution in [1.82, 2.24) is 0 Å². The molecule has 0 aliphatic rings. The molecule has 0 heterocycles. The van der Waals surface area contributed by atoms with Crippen LogP contribution in [0.4, 0.5) is 0 Å². The second-order valence-electron chi connectivity index (χ2n) is 43.7. The smallest absolute Gasteiger partial charge is 0.306 e. The third kappa shape index (κ3) is 41.8. The number of hydrogen-bond donors (Lipinski definition) is 6. The third-order valence-electron chi connectivity index (χ3n) is 24.0. The molecule has 0 radical (unpaired) electrons. The van der Waals surface area contributed by atoms with Crippen molar-refractivity contribution >= 4 is 106 Å². The number of esters is 6. The molecule has 0 aliphatic heterocycles. The van der Waals surface area contributed by atoms with E-state index in [1.54, 1.807) is 70.6 Å². The van der Waals surface area contributed by atoms with Crippen molar-refractivity contribution in [2.75, 3.05) is 122 Å². The van der Waals surface area contributed by atoms with Gasteiger partial charge in [-0.05, 0) is 252 Å². The maximum Gasteiger partial charge on any atom is 0.306 e. The van der Waals surface area contributed by atoms with Gasteiger partial charge in [-0.1, -0.05) is 231 Å². The molecule has 0 aliphatic carbocycles. The summed E-state index contributed by atoms with van der Waals surface area (Å²) < 4.78 is 44.4. The minimum absolute atomic E-state index is 0.0219. The standard InChI is InChI=1S/C112H166O19S6/c1-75-55-81(99(119)87(61-75)105(7,8)9)31-25-43-132-49-37-93(113)126-69-111(70-127-94(114)38-50-133-44-26-32-82-56-76(2)62-88(100(82)120)106(10,11)12,71-128-95(115)39-51-134-45-27-33-83-57-77(3)63-89(101(83)121)107(13,14)15)67-125-68-112(72-129-96(116)40-52-135-46-28-34-84-58-78(4)64-90(102(84)122)108(16,17)18,73-130-97(117)41-53-136-47-29-35-85-59-79(5)65-91(103(85)123)109(19,20)21)74-131-98(118)42-54-137-48-30-36-86-60-80(6)66-92(104(86)124)110(22,23)24/h55-66,119-124H,25-54,67-74H2,1-24H3. The molecule has 0 amide bonds. The summed E-state index contributed by atoms with van der Waals surface area (Å²) in [5.41, 5.74) is 12.0. The molecule has 6 aromatic carbocycles. The van der Waals surface area contributed by atoms with Crippen LogP contribution in [0.2, 0.25) is 0 Å². The van der Waals surface area contributed by atoms with Gasteiger partial charge in [0.1, 0.15) is 74.1 Å². The van der Waals surface area contributed by atoms with Crippen molar-refractivity contribution in [3.05, 3.63) is 173 Å². The molecular weight excluding hydrogens is 1840 g/mol. The minimum atomic E-state index is -1.63. The number of hydrogen-bond acceptors (Lipinski definition) is 25. The Morgan fingerprint density at radius 3 is 0.489 bits per heavy atom. The van der Waals surface area contributed by atoms with E-state index in [2.05, 4.69) is 125 Å². The highest BCUT2D eigenvalue weighted by molar-refractivity contribution is 8.00. The van der Waals surface area contributed by atoms with Crippen molar-refractivity contribution in [2.45, 2.75) is 314 Å². The molecule has 0 atom stereocenters. The molecule has 25 heteroatoms. The first kappa shape index (κ1) is 119. The molecule has 0 aromatic heterocycles. The van der Waals surface area contributed by atoms with Crippen LogP contribution in [-0.4, -0.2) is 188 Å². The summed E-state index contributed by atoms with van der Waals surface area (Å²) in [6.07, 6.45) is 7.97. The Morgan fingerprint density at radius 1 is 0.219 bits per heavy atom. The van der Waals surface area contributed by atoms with Crippen molar-refractivity contribution in [3.8, 4) is 34.5 Å². The molecule has 6 aromatic rings. The quantitative estimate of drug-likeness (QED) is 0.0117. The van der Waals surface area contributed by atoms with Gasteiger partial charge in [-0.15, -0.1) is 0 Å². The molecule has 0 spiro atoms. The maximum absolute atomic E-state index is 14.4. The number of phenolic OH excluding ortho intramolecular Hbond substituents is 6. The van der Waals surface area contributed by atoms with Crippen LogP contribution in [0.5, 0.6) is 34.5 Å². The van der Waals surface area contributed by atoms with Crippen LogP contribution >= 0.6 is 70.6 Å². The van der Waals surface area contributed by atoms with Gasteiger partial charge < -0.3 is 63.8 Å². The molecule has 764 valence electrons. The number of thioether (sulfide) groups is 6. The van der Waals surface area contributed by atoms with Gasteiger partial charge in [0, 0.05) is 34.5 Å². The fraction of sp³-hybridized carbons (Fsp3) is 0.625. The summed E-state index contributed by atoms with van der Waals surface area (Å²) in [5, 5.41) is 68.2. The Bertz CT molecular complexity index is 4110. The SMILES string of the molecule is Cc1cc(CCCSCCC(=O)OCC(COCC(COC(=O)CCSCCCc2cc(C)cc(C(C)(C)C)c2O)(COC(=O)CCSCCCc2cc(C)cc(C(C)(C)C)c2O)COC(=O)CCSCCCc2cc(C)cc(C(C)(C)C)c2O)(COC(=O)CCSCCCc2cc(C)cc(C(C)(C)C)c2O)COC(=O)CCSCCCc2cc(C)cc(C(C)(C)C)c2O)c(O)c(C(C)(C)C)c1.